The number of amides is 2. The van der Waals surface area contributed by atoms with Crippen LogP contribution in [0.2, 0.25) is 10.0 Å². The van der Waals surface area contributed by atoms with Crippen molar-refractivity contribution < 1.29 is 9.59 Å². The Labute approximate surface area is 211 Å². The van der Waals surface area contributed by atoms with Crippen molar-refractivity contribution in [2.45, 2.75) is 69.2 Å². The van der Waals surface area contributed by atoms with Gasteiger partial charge in [-0.05, 0) is 79.3 Å². The molecule has 2 N–H and O–H groups in total. The second-order valence-corrected chi connectivity index (χ2v) is 11.2. The lowest BCUT2D eigenvalue weighted by Crippen LogP contribution is -2.61. The smallest absolute Gasteiger partial charge is 0.246 e. The molecule has 1 heterocycles. The average molecular weight is 499 g/mol. The monoisotopic (exact) mass is 498 g/mol. The van der Waals surface area contributed by atoms with Crippen molar-refractivity contribution in [2.24, 2.45) is 11.8 Å². The van der Waals surface area contributed by atoms with Crippen LogP contribution < -0.4 is 10.6 Å². The maximum atomic E-state index is 13.4. The summed E-state index contributed by atoms with van der Waals surface area (Å²) in [6, 6.07) is 14.2. The van der Waals surface area contributed by atoms with E-state index in [4.69, 9.17) is 23.2 Å². The van der Waals surface area contributed by atoms with Crippen LogP contribution in [0, 0.1) is 18.8 Å². The Morgan fingerprint density at radius 3 is 2.47 bits per heavy atom. The molecule has 3 aliphatic rings. The number of fused-ring (bicyclic) bond motifs is 1. The second-order valence-electron chi connectivity index (χ2n) is 10.4. The highest BCUT2D eigenvalue weighted by Gasteiger charge is 2.59. The number of aryl methyl sites for hydroxylation is 1. The van der Waals surface area contributed by atoms with Gasteiger partial charge in [0.05, 0.1) is 0 Å². The quantitative estimate of drug-likeness (QED) is 0.531. The third-order valence-electron chi connectivity index (χ3n) is 8.37. The maximum Gasteiger partial charge on any atom is 0.246 e. The first kappa shape index (κ1) is 23.7. The molecule has 4 nitrogen and oxygen atoms in total. The lowest BCUT2D eigenvalue weighted by atomic mass is 9.60. The number of benzene rings is 2. The normalized spacial score (nSPS) is 29.4. The highest BCUT2D eigenvalue weighted by molar-refractivity contribution is 6.31. The summed E-state index contributed by atoms with van der Waals surface area (Å²) in [5.74, 6) is 0.112. The molecule has 0 bridgehead atoms. The van der Waals surface area contributed by atoms with Crippen LogP contribution in [0.3, 0.4) is 0 Å². The van der Waals surface area contributed by atoms with Crippen LogP contribution in [0.25, 0.3) is 0 Å². The number of nitrogens with one attached hydrogen (secondary N) is 2. The van der Waals surface area contributed by atoms with Crippen molar-refractivity contribution in [1.82, 2.24) is 10.6 Å². The van der Waals surface area contributed by atoms with Gasteiger partial charge in [-0.25, -0.2) is 0 Å². The average Bonchev–Trinajstić information content (AvgIpc) is 3.16. The Bertz CT molecular complexity index is 1080. The zero-order valence-electron chi connectivity index (χ0n) is 19.6. The van der Waals surface area contributed by atoms with Gasteiger partial charge in [0.2, 0.25) is 11.8 Å². The zero-order valence-corrected chi connectivity index (χ0v) is 21.1. The van der Waals surface area contributed by atoms with Gasteiger partial charge in [0, 0.05) is 28.4 Å². The van der Waals surface area contributed by atoms with Gasteiger partial charge in [-0.15, -0.1) is 0 Å². The summed E-state index contributed by atoms with van der Waals surface area (Å²) < 4.78 is 0. The predicted octanol–water partition coefficient (Wildman–Crippen LogP) is 6.14. The van der Waals surface area contributed by atoms with E-state index in [2.05, 4.69) is 34.9 Å². The number of halogens is 2. The summed E-state index contributed by atoms with van der Waals surface area (Å²) in [7, 11) is 0. The molecule has 2 aromatic rings. The molecule has 2 aromatic carbocycles. The molecule has 180 valence electrons. The van der Waals surface area contributed by atoms with E-state index in [0.29, 0.717) is 18.0 Å². The van der Waals surface area contributed by atoms with Crippen molar-refractivity contribution in [3.63, 3.8) is 0 Å². The van der Waals surface area contributed by atoms with Gasteiger partial charge in [0.15, 0.2) is 0 Å². The molecule has 3 fully saturated rings. The van der Waals surface area contributed by atoms with E-state index in [1.165, 1.54) is 6.42 Å². The molecule has 2 amide bonds. The molecule has 1 saturated heterocycles. The topological polar surface area (TPSA) is 58.2 Å². The molecular formula is C28H32Cl2N2O2. The first-order chi connectivity index (χ1) is 16.4. The van der Waals surface area contributed by atoms with Gasteiger partial charge in [0.1, 0.15) is 5.54 Å². The molecule has 5 rings (SSSR count). The molecular weight excluding hydrogens is 467 g/mol. The molecule has 34 heavy (non-hydrogen) atoms. The minimum atomic E-state index is -0.882. The minimum absolute atomic E-state index is 0.00965. The van der Waals surface area contributed by atoms with Crippen LogP contribution in [-0.2, 0) is 9.59 Å². The first-order valence-electron chi connectivity index (χ1n) is 12.5. The highest BCUT2D eigenvalue weighted by atomic mass is 35.5. The summed E-state index contributed by atoms with van der Waals surface area (Å²) in [4.78, 5) is 26.7. The SMILES string of the molecule is Cc1ccc([C@@H]2CC[C@@]3(NC(=O)C4CCCCC4)C(=O)NC[C@H]3[C@H]2c2ccc(Cl)cc2)c(Cl)c1. The van der Waals surface area contributed by atoms with Gasteiger partial charge in [-0.1, -0.05) is 66.7 Å². The Hall–Kier alpha value is -2.04. The number of hydrogen-bond acceptors (Lipinski definition) is 2. The Balaban J connectivity index is 1.54. The van der Waals surface area contributed by atoms with Crippen LogP contribution in [-0.4, -0.2) is 23.9 Å². The molecule has 1 aliphatic heterocycles. The van der Waals surface area contributed by atoms with E-state index in [0.717, 1.165) is 53.8 Å². The third-order valence-corrected chi connectivity index (χ3v) is 8.95. The van der Waals surface area contributed by atoms with Crippen molar-refractivity contribution in [3.05, 3.63) is 69.2 Å². The summed E-state index contributed by atoms with van der Waals surface area (Å²) in [5.41, 5.74) is 2.48. The van der Waals surface area contributed by atoms with Crippen molar-refractivity contribution >= 4 is 35.0 Å². The van der Waals surface area contributed by atoms with E-state index in [1.807, 2.05) is 25.1 Å². The summed E-state index contributed by atoms with van der Waals surface area (Å²) in [6.45, 7) is 2.58. The zero-order chi connectivity index (χ0) is 23.9. The molecule has 0 unspecified atom stereocenters. The number of carbonyl (C=O) groups is 2. The molecule has 6 heteroatoms. The molecule has 0 spiro atoms. The molecule has 2 aliphatic carbocycles. The fraction of sp³-hybridized carbons (Fsp3) is 0.500. The largest absolute Gasteiger partial charge is 0.354 e. The van der Waals surface area contributed by atoms with E-state index < -0.39 is 5.54 Å². The number of hydrogen-bond donors (Lipinski definition) is 2. The summed E-state index contributed by atoms with van der Waals surface area (Å²) >= 11 is 13.0. The Kier molecular flexibility index (Phi) is 6.65. The standard InChI is InChI=1S/C28H32Cl2N2O2/c1-17-7-12-21(24(30)15-17)22-13-14-28(32-26(33)19-5-3-2-4-6-19)23(16-31-27(28)34)25(22)18-8-10-20(29)11-9-18/h7-12,15,19,22-23,25H,2-6,13-14,16H2,1H3,(H,31,34)(H,32,33)/t22-,23-,25-,28-/m0/s1. The van der Waals surface area contributed by atoms with Crippen molar-refractivity contribution in [2.75, 3.05) is 6.54 Å². The third kappa shape index (κ3) is 4.24. The van der Waals surface area contributed by atoms with Crippen LogP contribution in [0.15, 0.2) is 42.5 Å². The van der Waals surface area contributed by atoms with Crippen LogP contribution in [0.4, 0.5) is 0 Å². The molecule has 2 saturated carbocycles. The van der Waals surface area contributed by atoms with Gasteiger partial charge in [-0.2, -0.15) is 0 Å². The van der Waals surface area contributed by atoms with E-state index in [1.54, 1.807) is 0 Å². The van der Waals surface area contributed by atoms with Crippen molar-refractivity contribution in [3.8, 4) is 0 Å². The van der Waals surface area contributed by atoms with Crippen LogP contribution in [0.1, 0.15) is 73.5 Å². The van der Waals surface area contributed by atoms with Gasteiger partial charge in [0.25, 0.3) is 0 Å². The predicted molar refractivity (Wildman–Crippen MR) is 136 cm³/mol. The molecule has 4 atom stereocenters. The summed E-state index contributed by atoms with van der Waals surface area (Å²) in [6.07, 6.45) is 6.57. The Morgan fingerprint density at radius 1 is 1.03 bits per heavy atom. The Morgan fingerprint density at radius 2 is 1.76 bits per heavy atom. The van der Waals surface area contributed by atoms with Crippen LogP contribution >= 0.6 is 23.2 Å². The fourth-order valence-electron chi connectivity index (χ4n) is 6.61. The number of carbonyl (C=O) groups excluding carboxylic acids is 2. The van der Waals surface area contributed by atoms with Gasteiger partial charge < -0.3 is 10.6 Å². The van der Waals surface area contributed by atoms with Crippen molar-refractivity contribution in [1.29, 1.82) is 0 Å². The minimum Gasteiger partial charge on any atom is -0.354 e. The lowest BCUT2D eigenvalue weighted by Gasteiger charge is -2.47. The van der Waals surface area contributed by atoms with Gasteiger partial charge in [-0.3, -0.25) is 9.59 Å². The maximum absolute atomic E-state index is 13.4. The summed E-state index contributed by atoms with van der Waals surface area (Å²) in [5, 5.41) is 7.86. The van der Waals surface area contributed by atoms with E-state index >= 15 is 0 Å². The second kappa shape index (κ2) is 9.54. The fourth-order valence-corrected chi connectivity index (χ4v) is 7.11. The molecule has 0 radical (unpaired) electrons. The number of rotatable bonds is 4. The van der Waals surface area contributed by atoms with Gasteiger partial charge >= 0.3 is 0 Å². The lowest BCUT2D eigenvalue weighted by molar-refractivity contribution is -0.136. The van der Waals surface area contributed by atoms with E-state index in [-0.39, 0.29) is 35.5 Å². The van der Waals surface area contributed by atoms with Crippen LogP contribution in [0.5, 0.6) is 0 Å². The molecule has 0 aromatic heterocycles. The highest BCUT2D eigenvalue weighted by Crippen LogP contribution is 2.54. The van der Waals surface area contributed by atoms with E-state index in [9.17, 15) is 9.59 Å². The first-order valence-corrected chi connectivity index (χ1v) is 13.3.